The number of hydrogen-bond acceptors (Lipinski definition) is 3. The van der Waals surface area contributed by atoms with Crippen LogP contribution < -0.4 is 0 Å². The first-order valence-electron chi connectivity index (χ1n) is 16.1. The van der Waals surface area contributed by atoms with Crippen LogP contribution in [0.3, 0.4) is 0 Å². The van der Waals surface area contributed by atoms with Gasteiger partial charge in [0.15, 0.2) is 17.5 Å². The minimum absolute atomic E-state index is 0.635. The van der Waals surface area contributed by atoms with E-state index >= 15 is 0 Å². The molecule has 0 saturated carbocycles. The van der Waals surface area contributed by atoms with Crippen LogP contribution in [0.2, 0.25) is 0 Å². The van der Waals surface area contributed by atoms with E-state index in [-0.39, 0.29) is 0 Å². The molecule has 0 spiro atoms. The molecule has 1 aromatic heterocycles. The topological polar surface area (TPSA) is 38.7 Å². The van der Waals surface area contributed by atoms with Gasteiger partial charge in [-0.3, -0.25) is 0 Å². The number of rotatable bonds is 7. The SMILES string of the molecule is c1ccc(-c2ccc(-c3nc(-c4ccc(-c5ccccc5)cc4)nc(-c4ccccc4-c4ccc(-c5ccccc5)cc4)n3)cc2)cc1. The predicted molar refractivity (Wildman–Crippen MR) is 198 cm³/mol. The lowest BCUT2D eigenvalue weighted by atomic mass is 9.96. The summed E-state index contributed by atoms with van der Waals surface area (Å²) < 4.78 is 0. The van der Waals surface area contributed by atoms with E-state index in [2.05, 4.69) is 164 Å². The van der Waals surface area contributed by atoms with Crippen molar-refractivity contribution in [2.75, 3.05) is 0 Å². The zero-order chi connectivity index (χ0) is 32.1. The molecule has 0 fully saturated rings. The molecule has 0 saturated heterocycles. The Balaban J connectivity index is 1.22. The Hall–Kier alpha value is -6.45. The largest absolute Gasteiger partial charge is 0.208 e. The van der Waals surface area contributed by atoms with E-state index in [9.17, 15) is 0 Å². The van der Waals surface area contributed by atoms with Gasteiger partial charge in [-0.1, -0.05) is 188 Å². The van der Waals surface area contributed by atoms with Gasteiger partial charge in [-0.25, -0.2) is 15.0 Å². The first kappa shape index (κ1) is 29.0. The third kappa shape index (κ3) is 6.05. The highest BCUT2D eigenvalue weighted by Gasteiger charge is 2.16. The van der Waals surface area contributed by atoms with Gasteiger partial charge in [0, 0.05) is 16.7 Å². The Morgan fingerprint density at radius 2 is 0.458 bits per heavy atom. The summed E-state index contributed by atoms with van der Waals surface area (Å²) in [5, 5.41) is 0. The van der Waals surface area contributed by atoms with E-state index < -0.39 is 0 Å². The normalized spacial score (nSPS) is 10.9. The maximum absolute atomic E-state index is 5.10. The van der Waals surface area contributed by atoms with Crippen molar-refractivity contribution < 1.29 is 0 Å². The van der Waals surface area contributed by atoms with Gasteiger partial charge in [-0.05, 0) is 44.5 Å². The van der Waals surface area contributed by atoms with Crippen LogP contribution in [0.15, 0.2) is 188 Å². The molecule has 0 radical (unpaired) electrons. The van der Waals surface area contributed by atoms with Crippen LogP contribution in [0.25, 0.3) is 78.7 Å². The number of hydrogen-bond donors (Lipinski definition) is 0. The van der Waals surface area contributed by atoms with Gasteiger partial charge in [0.25, 0.3) is 0 Å². The van der Waals surface area contributed by atoms with Gasteiger partial charge < -0.3 is 0 Å². The molecular weight excluding hydrogens is 583 g/mol. The first-order valence-corrected chi connectivity index (χ1v) is 16.1. The summed E-state index contributed by atoms with van der Waals surface area (Å²) in [6.45, 7) is 0. The fraction of sp³-hybridized carbons (Fsp3) is 0. The Bertz CT molecular complexity index is 2180. The summed E-state index contributed by atoms with van der Waals surface area (Å²) in [7, 11) is 0. The molecule has 0 N–H and O–H groups in total. The molecule has 48 heavy (non-hydrogen) atoms. The van der Waals surface area contributed by atoms with Gasteiger partial charge in [0.2, 0.25) is 0 Å². The van der Waals surface area contributed by atoms with Crippen molar-refractivity contribution in [3.05, 3.63) is 188 Å². The molecule has 0 amide bonds. The quantitative estimate of drug-likeness (QED) is 0.179. The Kier molecular flexibility index (Phi) is 7.92. The predicted octanol–water partition coefficient (Wildman–Crippen LogP) is 11.5. The summed E-state index contributed by atoms with van der Waals surface area (Å²) in [6.07, 6.45) is 0. The molecule has 3 nitrogen and oxygen atoms in total. The highest BCUT2D eigenvalue weighted by molar-refractivity contribution is 5.83. The Morgan fingerprint density at radius 1 is 0.188 bits per heavy atom. The standard InChI is InChI=1S/C45H31N3/c1-4-12-32(13-5-1)35-20-26-38(27-21-35)41-18-10-11-19-42(41)45-47-43(39-28-22-36(23-29-39)33-14-6-2-7-15-33)46-44(48-45)40-30-24-37(25-31-40)34-16-8-3-9-17-34/h1-31H. The summed E-state index contributed by atoms with van der Waals surface area (Å²) >= 11 is 0. The van der Waals surface area contributed by atoms with Crippen LogP contribution in [0, 0.1) is 0 Å². The molecule has 8 rings (SSSR count). The van der Waals surface area contributed by atoms with Crippen molar-refractivity contribution in [2.45, 2.75) is 0 Å². The van der Waals surface area contributed by atoms with Gasteiger partial charge in [0.1, 0.15) is 0 Å². The lowest BCUT2D eigenvalue weighted by molar-refractivity contribution is 1.07. The molecular formula is C45H31N3. The van der Waals surface area contributed by atoms with Gasteiger partial charge >= 0.3 is 0 Å². The molecule has 8 aromatic rings. The van der Waals surface area contributed by atoms with E-state index in [1.807, 2.05) is 24.3 Å². The molecule has 0 aliphatic rings. The highest BCUT2D eigenvalue weighted by Crippen LogP contribution is 2.34. The number of benzene rings is 7. The second-order valence-corrected chi connectivity index (χ2v) is 11.7. The summed E-state index contributed by atoms with van der Waals surface area (Å²) in [5.74, 6) is 1.91. The molecule has 0 atom stereocenters. The second kappa shape index (κ2) is 13.1. The summed E-state index contributed by atoms with van der Waals surface area (Å²) in [5.41, 5.74) is 12.0. The first-order chi connectivity index (χ1) is 23.8. The minimum atomic E-state index is 0.635. The number of nitrogens with zero attached hydrogens (tertiary/aromatic N) is 3. The fourth-order valence-electron chi connectivity index (χ4n) is 6.04. The van der Waals surface area contributed by atoms with Crippen molar-refractivity contribution in [3.63, 3.8) is 0 Å². The average Bonchev–Trinajstić information content (AvgIpc) is 3.19. The van der Waals surface area contributed by atoms with Gasteiger partial charge in [0.05, 0.1) is 0 Å². The molecule has 3 heteroatoms. The van der Waals surface area contributed by atoms with Crippen molar-refractivity contribution in [1.82, 2.24) is 15.0 Å². The summed E-state index contributed by atoms with van der Waals surface area (Å²) in [6, 6.07) is 65.2. The third-order valence-corrected chi connectivity index (χ3v) is 8.61. The van der Waals surface area contributed by atoms with Crippen molar-refractivity contribution >= 4 is 0 Å². The smallest absolute Gasteiger partial charge is 0.164 e. The van der Waals surface area contributed by atoms with Crippen LogP contribution in [-0.2, 0) is 0 Å². The highest BCUT2D eigenvalue weighted by atomic mass is 15.0. The molecule has 0 aliphatic carbocycles. The molecule has 0 unspecified atom stereocenters. The van der Waals surface area contributed by atoms with Crippen molar-refractivity contribution in [1.29, 1.82) is 0 Å². The lowest BCUT2D eigenvalue weighted by Gasteiger charge is -2.13. The lowest BCUT2D eigenvalue weighted by Crippen LogP contribution is -2.01. The summed E-state index contributed by atoms with van der Waals surface area (Å²) in [4.78, 5) is 15.2. The van der Waals surface area contributed by atoms with E-state index in [0.29, 0.717) is 17.5 Å². The van der Waals surface area contributed by atoms with Crippen molar-refractivity contribution in [2.24, 2.45) is 0 Å². The van der Waals surface area contributed by atoms with Gasteiger partial charge in [-0.15, -0.1) is 0 Å². The Morgan fingerprint density at radius 3 is 0.854 bits per heavy atom. The van der Waals surface area contributed by atoms with E-state index in [4.69, 9.17) is 15.0 Å². The molecule has 0 bridgehead atoms. The zero-order valence-electron chi connectivity index (χ0n) is 26.2. The van der Waals surface area contributed by atoms with E-state index in [1.54, 1.807) is 0 Å². The minimum Gasteiger partial charge on any atom is -0.208 e. The van der Waals surface area contributed by atoms with Crippen molar-refractivity contribution in [3.8, 4) is 78.7 Å². The van der Waals surface area contributed by atoms with Gasteiger partial charge in [-0.2, -0.15) is 0 Å². The Labute approximate surface area is 280 Å². The maximum Gasteiger partial charge on any atom is 0.164 e. The van der Waals surface area contributed by atoms with E-state index in [1.165, 1.54) is 22.3 Å². The molecule has 226 valence electrons. The van der Waals surface area contributed by atoms with Crippen LogP contribution in [0.4, 0.5) is 0 Å². The third-order valence-electron chi connectivity index (χ3n) is 8.61. The second-order valence-electron chi connectivity index (χ2n) is 11.7. The molecule has 0 aliphatic heterocycles. The van der Waals surface area contributed by atoms with Crippen LogP contribution in [0.5, 0.6) is 0 Å². The number of aromatic nitrogens is 3. The zero-order valence-corrected chi connectivity index (χ0v) is 26.2. The monoisotopic (exact) mass is 613 g/mol. The van der Waals surface area contributed by atoms with Crippen LogP contribution >= 0.6 is 0 Å². The average molecular weight is 614 g/mol. The van der Waals surface area contributed by atoms with E-state index in [0.717, 1.165) is 38.9 Å². The molecule has 7 aromatic carbocycles. The maximum atomic E-state index is 5.10. The van der Waals surface area contributed by atoms with Crippen LogP contribution in [0.1, 0.15) is 0 Å². The molecule has 1 heterocycles. The fourth-order valence-corrected chi connectivity index (χ4v) is 6.04. The van der Waals surface area contributed by atoms with Crippen LogP contribution in [-0.4, -0.2) is 15.0 Å².